The molecule has 0 spiro atoms. The fourth-order valence-corrected chi connectivity index (χ4v) is 5.28. The molecule has 4 atom stereocenters. The third-order valence-electron chi connectivity index (χ3n) is 6.08. The minimum Gasteiger partial charge on any atom is -0.226 e. The van der Waals surface area contributed by atoms with Gasteiger partial charge in [-0.25, -0.2) is 9.78 Å². The number of hydrogen-bond donors (Lipinski definition) is 0. The third kappa shape index (κ3) is 1.62. The zero-order valence-electron chi connectivity index (χ0n) is 14.3. The first-order valence-corrected chi connectivity index (χ1v) is 7.68. The Bertz CT molecular complexity index is 376. The lowest BCUT2D eigenvalue weighted by atomic mass is 9.41. The maximum Gasteiger partial charge on any atom is 0.146 e. The Kier molecular flexibility index (Phi) is 3.03. The molecule has 2 aliphatic rings. The molecule has 2 nitrogen and oxygen atoms in total. The summed E-state index contributed by atoms with van der Waals surface area (Å²) in [6.45, 7) is 21.0. The van der Waals surface area contributed by atoms with Crippen LogP contribution >= 0.6 is 0 Å². The quantitative estimate of drug-likeness (QED) is 0.577. The average Bonchev–Trinajstić information content (AvgIpc) is 2.09. The van der Waals surface area contributed by atoms with Crippen LogP contribution in [0.2, 0.25) is 0 Å². The molecule has 1 aliphatic carbocycles. The van der Waals surface area contributed by atoms with Gasteiger partial charge in [-0.1, -0.05) is 55.4 Å². The SMILES string of the molecule is CC1CC2(C)OOC2(C(C)(C)C)C(C)(C(C)(C)C)C1. The van der Waals surface area contributed by atoms with Crippen molar-refractivity contribution in [2.45, 2.75) is 86.4 Å². The first kappa shape index (κ1) is 15.3. The van der Waals surface area contributed by atoms with E-state index in [9.17, 15) is 0 Å². The minimum atomic E-state index is -0.211. The molecule has 0 aromatic heterocycles. The van der Waals surface area contributed by atoms with Crippen LogP contribution in [0, 0.1) is 22.2 Å². The maximum absolute atomic E-state index is 5.98. The van der Waals surface area contributed by atoms with E-state index in [1.54, 1.807) is 0 Å². The van der Waals surface area contributed by atoms with Gasteiger partial charge in [0.25, 0.3) is 0 Å². The van der Waals surface area contributed by atoms with Crippen LogP contribution in [0.25, 0.3) is 0 Å². The molecule has 0 bridgehead atoms. The van der Waals surface area contributed by atoms with Gasteiger partial charge in [-0.2, -0.15) is 0 Å². The zero-order chi connectivity index (χ0) is 14.9. The van der Waals surface area contributed by atoms with E-state index in [0.29, 0.717) is 5.92 Å². The van der Waals surface area contributed by atoms with Crippen LogP contribution < -0.4 is 0 Å². The maximum atomic E-state index is 5.98. The van der Waals surface area contributed by atoms with Crippen molar-refractivity contribution < 1.29 is 9.78 Å². The minimum absolute atomic E-state index is 0.0577. The van der Waals surface area contributed by atoms with Crippen molar-refractivity contribution in [3.8, 4) is 0 Å². The lowest BCUT2D eigenvalue weighted by Gasteiger charge is -2.73. The Morgan fingerprint density at radius 2 is 1.37 bits per heavy atom. The van der Waals surface area contributed by atoms with Crippen molar-refractivity contribution in [3.05, 3.63) is 0 Å². The molecule has 0 amide bonds. The molecule has 112 valence electrons. The summed E-state index contributed by atoms with van der Waals surface area (Å²) in [5, 5.41) is 0. The smallest absolute Gasteiger partial charge is 0.146 e. The molecular weight excluding hydrogens is 236 g/mol. The number of hydrogen-bond acceptors (Lipinski definition) is 2. The van der Waals surface area contributed by atoms with Crippen LogP contribution in [0.4, 0.5) is 0 Å². The Morgan fingerprint density at radius 3 is 1.68 bits per heavy atom. The second-order valence-electron chi connectivity index (χ2n) is 9.42. The Morgan fingerprint density at radius 1 is 0.842 bits per heavy atom. The highest BCUT2D eigenvalue weighted by Crippen LogP contribution is 2.71. The topological polar surface area (TPSA) is 18.5 Å². The van der Waals surface area contributed by atoms with E-state index in [1.165, 1.54) is 6.42 Å². The van der Waals surface area contributed by atoms with Crippen molar-refractivity contribution in [2.24, 2.45) is 22.2 Å². The molecule has 2 fully saturated rings. The molecule has 0 radical (unpaired) electrons. The number of fused-ring (bicyclic) bond motifs is 1. The van der Waals surface area contributed by atoms with Gasteiger partial charge in [0.15, 0.2) is 0 Å². The van der Waals surface area contributed by atoms with Crippen LogP contribution in [0.5, 0.6) is 0 Å². The molecule has 0 aromatic rings. The summed E-state index contributed by atoms with van der Waals surface area (Å²) < 4.78 is 0. The van der Waals surface area contributed by atoms with E-state index in [1.807, 2.05) is 0 Å². The van der Waals surface area contributed by atoms with Gasteiger partial charge in [-0.15, -0.1) is 0 Å². The first-order chi connectivity index (χ1) is 8.31. The molecule has 1 saturated carbocycles. The molecule has 19 heavy (non-hydrogen) atoms. The van der Waals surface area contributed by atoms with Crippen molar-refractivity contribution in [3.63, 3.8) is 0 Å². The summed E-state index contributed by atoms with van der Waals surface area (Å²) in [5.41, 5.74) is -0.0339. The van der Waals surface area contributed by atoms with E-state index in [0.717, 1.165) is 6.42 Å². The van der Waals surface area contributed by atoms with Gasteiger partial charge in [0.1, 0.15) is 11.2 Å². The van der Waals surface area contributed by atoms with E-state index in [4.69, 9.17) is 9.78 Å². The molecule has 4 unspecified atom stereocenters. The summed E-state index contributed by atoms with van der Waals surface area (Å²) in [6.07, 6.45) is 2.29. The normalized spacial score (nSPS) is 47.5. The molecule has 1 aliphatic heterocycles. The lowest BCUT2D eigenvalue weighted by Crippen LogP contribution is -2.82. The van der Waals surface area contributed by atoms with Gasteiger partial charge in [0.2, 0.25) is 0 Å². The highest BCUT2D eigenvalue weighted by atomic mass is 17.3. The van der Waals surface area contributed by atoms with Gasteiger partial charge in [-0.05, 0) is 36.5 Å². The van der Waals surface area contributed by atoms with E-state index in [2.05, 4.69) is 62.3 Å². The Hall–Kier alpha value is -0.0800. The summed E-state index contributed by atoms with van der Waals surface area (Å²) in [5.74, 6) is 0.675. The van der Waals surface area contributed by atoms with E-state index >= 15 is 0 Å². The Labute approximate surface area is 119 Å². The molecule has 2 rings (SSSR count). The van der Waals surface area contributed by atoms with E-state index in [-0.39, 0.29) is 27.4 Å². The standard InChI is InChI=1S/C17H32O2/c1-12-10-15(8,13(2,3)4)17(14(5,6)7)16(9,11-12)18-19-17/h12H,10-11H2,1-9H3. The number of rotatable bonds is 0. The van der Waals surface area contributed by atoms with E-state index < -0.39 is 0 Å². The predicted octanol–water partition coefficient (Wildman–Crippen LogP) is 4.97. The van der Waals surface area contributed by atoms with Gasteiger partial charge >= 0.3 is 0 Å². The third-order valence-corrected chi connectivity index (χ3v) is 6.08. The predicted molar refractivity (Wildman–Crippen MR) is 78.7 cm³/mol. The van der Waals surface area contributed by atoms with Gasteiger partial charge in [0, 0.05) is 5.41 Å². The molecule has 2 heteroatoms. The molecule has 1 saturated heterocycles. The fourth-order valence-electron chi connectivity index (χ4n) is 5.28. The van der Waals surface area contributed by atoms with Crippen LogP contribution in [0.1, 0.15) is 75.2 Å². The molecule has 0 N–H and O–H groups in total. The van der Waals surface area contributed by atoms with Crippen molar-refractivity contribution in [2.75, 3.05) is 0 Å². The van der Waals surface area contributed by atoms with Gasteiger partial charge in [0.05, 0.1) is 0 Å². The van der Waals surface area contributed by atoms with Crippen LogP contribution in [0.3, 0.4) is 0 Å². The molecule has 0 aromatic carbocycles. The summed E-state index contributed by atoms with van der Waals surface area (Å²) in [4.78, 5) is 11.7. The summed E-state index contributed by atoms with van der Waals surface area (Å²) in [6, 6.07) is 0. The van der Waals surface area contributed by atoms with Crippen LogP contribution in [0.15, 0.2) is 0 Å². The van der Waals surface area contributed by atoms with Crippen LogP contribution in [-0.2, 0) is 9.78 Å². The first-order valence-electron chi connectivity index (χ1n) is 7.68. The van der Waals surface area contributed by atoms with Gasteiger partial charge in [-0.3, -0.25) is 0 Å². The summed E-state index contributed by atoms with van der Waals surface area (Å²) >= 11 is 0. The highest BCUT2D eigenvalue weighted by molar-refractivity contribution is 5.22. The van der Waals surface area contributed by atoms with Crippen LogP contribution in [-0.4, -0.2) is 11.2 Å². The lowest BCUT2D eigenvalue weighted by molar-refractivity contribution is -0.605. The molecule has 1 heterocycles. The monoisotopic (exact) mass is 268 g/mol. The van der Waals surface area contributed by atoms with Crippen molar-refractivity contribution in [1.82, 2.24) is 0 Å². The molecular formula is C17H32O2. The van der Waals surface area contributed by atoms with Crippen molar-refractivity contribution >= 4 is 0 Å². The van der Waals surface area contributed by atoms with Gasteiger partial charge < -0.3 is 0 Å². The fraction of sp³-hybridized carbons (Fsp3) is 1.00. The summed E-state index contributed by atoms with van der Waals surface area (Å²) in [7, 11) is 0. The zero-order valence-corrected chi connectivity index (χ0v) is 14.3. The Balaban J connectivity index is 2.63. The second-order valence-corrected chi connectivity index (χ2v) is 9.42. The largest absolute Gasteiger partial charge is 0.226 e. The second kappa shape index (κ2) is 3.76. The highest BCUT2D eigenvalue weighted by Gasteiger charge is 2.78. The average molecular weight is 268 g/mol. The van der Waals surface area contributed by atoms with Crippen molar-refractivity contribution in [1.29, 1.82) is 0 Å².